The number of carbonyl (C=O) groups is 2. The molecule has 3 aromatic carbocycles. The first-order valence-corrected chi connectivity index (χ1v) is 11.0. The third-order valence-electron chi connectivity index (χ3n) is 5.82. The maximum absolute atomic E-state index is 14.0. The summed E-state index contributed by atoms with van der Waals surface area (Å²) in [5.74, 6) is -0.893. The average Bonchev–Trinajstić information content (AvgIpc) is 3.32. The third kappa shape index (κ3) is 4.34. The summed E-state index contributed by atoms with van der Waals surface area (Å²) in [7, 11) is 0. The van der Waals surface area contributed by atoms with Crippen LogP contribution in [0.2, 0.25) is 0 Å². The van der Waals surface area contributed by atoms with Gasteiger partial charge in [-0.2, -0.15) is 0 Å². The number of amides is 1. The Morgan fingerprint density at radius 3 is 2.41 bits per heavy atom. The molecule has 0 unspecified atom stereocenters. The van der Waals surface area contributed by atoms with Crippen LogP contribution in [0, 0.1) is 5.82 Å². The molecule has 1 amide bonds. The van der Waals surface area contributed by atoms with E-state index >= 15 is 0 Å². The fourth-order valence-electron chi connectivity index (χ4n) is 4.04. The number of rotatable bonds is 5. The van der Waals surface area contributed by atoms with Crippen molar-refractivity contribution in [2.45, 2.75) is 0 Å². The number of para-hydroxylation sites is 3. The zero-order valence-electron chi connectivity index (χ0n) is 18.3. The molecular weight excluding hydrogens is 437 g/mol. The van der Waals surface area contributed by atoms with Gasteiger partial charge in [0.15, 0.2) is 12.2 Å². The van der Waals surface area contributed by atoms with Crippen LogP contribution < -0.4 is 4.90 Å². The Labute approximate surface area is 195 Å². The van der Waals surface area contributed by atoms with Crippen molar-refractivity contribution in [2.75, 3.05) is 37.7 Å². The fourth-order valence-corrected chi connectivity index (χ4v) is 4.04. The summed E-state index contributed by atoms with van der Waals surface area (Å²) in [5.41, 5.74) is 2.59. The van der Waals surface area contributed by atoms with Gasteiger partial charge in [0.2, 0.25) is 5.89 Å². The first-order chi connectivity index (χ1) is 16.6. The van der Waals surface area contributed by atoms with Gasteiger partial charge in [-0.25, -0.2) is 14.2 Å². The van der Waals surface area contributed by atoms with Gasteiger partial charge in [0, 0.05) is 26.2 Å². The molecule has 1 aliphatic heterocycles. The molecule has 0 bridgehead atoms. The number of carbonyl (C=O) groups excluding carboxylic acids is 2. The van der Waals surface area contributed by atoms with Gasteiger partial charge >= 0.3 is 5.97 Å². The highest BCUT2D eigenvalue weighted by atomic mass is 19.1. The fraction of sp³-hybridized carbons (Fsp3) is 0.192. The minimum Gasteiger partial charge on any atom is -0.452 e. The number of anilines is 1. The lowest BCUT2D eigenvalue weighted by atomic mass is 10.1. The molecule has 0 atom stereocenters. The molecule has 0 saturated carbocycles. The van der Waals surface area contributed by atoms with Crippen LogP contribution in [0.15, 0.2) is 77.2 Å². The van der Waals surface area contributed by atoms with Crippen molar-refractivity contribution < 1.29 is 23.1 Å². The number of piperazine rings is 1. The molecule has 0 N–H and O–H groups in total. The van der Waals surface area contributed by atoms with Crippen LogP contribution in [0.25, 0.3) is 22.6 Å². The second-order valence-electron chi connectivity index (χ2n) is 7.93. The minimum atomic E-state index is -0.629. The first kappa shape index (κ1) is 21.6. The van der Waals surface area contributed by atoms with E-state index in [-0.39, 0.29) is 23.9 Å². The standard InChI is InChI=1S/C26H22FN3O4/c27-20-9-3-5-11-22(20)29-13-15-30(16-14-29)24(31)17-33-26(32)19-8-2-1-7-18(19)25-28-21-10-4-6-12-23(21)34-25/h1-12H,13-17H2. The zero-order valence-corrected chi connectivity index (χ0v) is 18.3. The molecule has 0 radical (unpaired) electrons. The summed E-state index contributed by atoms with van der Waals surface area (Å²) in [4.78, 5) is 33.4. The number of ether oxygens (including phenoxy) is 1. The number of hydrogen-bond acceptors (Lipinski definition) is 6. The number of oxazole rings is 1. The lowest BCUT2D eigenvalue weighted by Crippen LogP contribution is -2.50. The predicted octanol–water partition coefficient (Wildman–Crippen LogP) is 4.14. The van der Waals surface area contributed by atoms with Gasteiger partial charge in [-0.3, -0.25) is 4.79 Å². The molecule has 8 heteroatoms. The predicted molar refractivity (Wildman–Crippen MR) is 125 cm³/mol. The maximum Gasteiger partial charge on any atom is 0.339 e. The number of aromatic nitrogens is 1. The van der Waals surface area contributed by atoms with E-state index in [1.807, 2.05) is 23.1 Å². The number of benzene rings is 3. The highest BCUT2D eigenvalue weighted by Gasteiger charge is 2.24. The number of fused-ring (bicyclic) bond motifs is 1. The monoisotopic (exact) mass is 459 g/mol. The van der Waals surface area contributed by atoms with Crippen molar-refractivity contribution >= 4 is 28.7 Å². The highest BCUT2D eigenvalue weighted by Crippen LogP contribution is 2.27. The van der Waals surface area contributed by atoms with E-state index in [9.17, 15) is 14.0 Å². The van der Waals surface area contributed by atoms with Gasteiger partial charge in [0.25, 0.3) is 5.91 Å². The van der Waals surface area contributed by atoms with Crippen LogP contribution in [-0.4, -0.2) is 54.5 Å². The molecule has 2 heterocycles. The van der Waals surface area contributed by atoms with Crippen molar-refractivity contribution in [3.05, 3.63) is 84.2 Å². The van der Waals surface area contributed by atoms with Crippen molar-refractivity contribution in [3.63, 3.8) is 0 Å². The highest BCUT2D eigenvalue weighted by molar-refractivity contribution is 5.97. The van der Waals surface area contributed by atoms with Crippen LogP contribution in [-0.2, 0) is 9.53 Å². The Morgan fingerprint density at radius 1 is 0.912 bits per heavy atom. The molecule has 1 aliphatic rings. The summed E-state index contributed by atoms with van der Waals surface area (Å²) in [6, 6.07) is 20.8. The van der Waals surface area contributed by atoms with Crippen LogP contribution in [0.4, 0.5) is 10.1 Å². The third-order valence-corrected chi connectivity index (χ3v) is 5.82. The van der Waals surface area contributed by atoms with E-state index in [0.29, 0.717) is 54.4 Å². The number of halogens is 1. The molecule has 1 fully saturated rings. The van der Waals surface area contributed by atoms with Crippen LogP contribution in [0.3, 0.4) is 0 Å². The molecule has 1 aromatic heterocycles. The van der Waals surface area contributed by atoms with Gasteiger partial charge in [0.05, 0.1) is 16.8 Å². The van der Waals surface area contributed by atoms with E-state index in [4.69, 9.17) is 9.15 Å². The molecule has 7 nitrogen and oxygen atoms in total. The minimum absolute atomic E-state index is 0.270. The second-order valence-corrected chi connectivity index (χ2v) is 7.93. The number of esters is 1. The molecule has 0 spiro atoms. The summed E-state index contributed by atoms with van der Waals surface area (Å²) in [6.45, 7) is 1.47. The van der Waals surface area contributed by atoms with Gasteiger partial charge < -0.3 is 19.0 Å². The second kappa shape index (κ2) is 9.35. The molecular formula is C26H22FN3O4. The Balaban J connectivity index is 1.21. The Kier molecular flexibility index (Phi) is 5.95. The van der Waals surface area contributed by atoms with Crippen molar-refractivity contribution in [1.82, 2.24) is 9.88 Å². The van der Waals surface area contributed by atoms with Crippen LogP contribution in [0.1, 0.15) is 10.4 Å². The van der Waals surface area contributed by atoms with Crippen LogP contribution >= 0.6 is 0 Å². The van der Waals surface area contributed by atoms with E-state index in [1.54, 1.807) is 53.4 Å². The van der Waals surface area contributed by atoms with Gasteiger partial charge in [-0.1, -0.05) is 36.4 Å². The summed E-state index contributed by atoms with van der Waals surface area (Å²) in [5, 5.41) is 0. The Hall–Kier alpha value is -4.20. The number of hydrogen-bond donors (Lipinski definition) is 0. The van der Waals surface area contributed by atoms with E-state index in [2.05, 4.69) is 4.98 Å². The van der Waals surface area contributed by atoms with Crippen molar-refractivity contribution in [3.8, 4) is 11.5 Å². The molecule has 5 rings (SSSR count). The van der Waals surface area contributed by atoms with Gasteiger partial charge in [0.1, 0.15) is 11.3 Å². The Bertz CT molecular complexity index is 1310. The zero-order chi connectivity index (χ0) is 23.5. The quantitative estimate of drug-likeness (QED) is 0.418. The largest absolute Gasteiger partial charge is 0.452 e. The molecule has 34 heavy (non-hydrogen) atoms. The smallest absolute Gasteiger partial charge is 0.339 e. The summed E-state index contributed by atoms with van der Waals surface area (Å²) < 4.78 is 25.2. The van der Waals surface area contributed by atoms with E-state index in [1.165, 1.54) is 6.07 Å². The molecule has 1 saturated heterocycles. The molecule has 172 valence electrons. The van der Waals surface area contributed by atoms with Crippen molar-refractivity contribution in [2.24, 2.45) is 0 Å². The number of nitrogens with zero attached hydrogens (tertiary/aromatic N) is 3. The first-order valence-electron chi connectivity index (χ1n) is 11.0. The van der Waals surface area contributed by atoms with E-state index < -0.39 is 5.97 Å². The Morgan fingerprint density at radius 2 is 1.62 bits per heavy atom. The summed E-state index contributed by atoms with van der Waals surface area (Å²) in [6.07, 6.45) is 0. The molecule has 4 aromatic rings. The topological polar surface area (TPSA) is 75.9 Å². The lowest BCUT2D eigenvalue weighted by molar-refractivity contribution is -0.134. The van der Waals surface area contributed by atoms with E-state index in [0.717, 1.165) is 0 Å². The van der Waals surface area contributed by atoms with Gasteiger partial charge in [-0.15, -0.1) is 0 Å². The maximum atomic E-state index is 14.0. The SMILES string of the molecule is O=C(OCC(=O)N1CCN(c2ccccc2F)CC1)c1ccccc1-c1nc2ccccc2o1. The summed E-state index contributed by atoms with van der Waals surface area (Å²) >= 11 is 0. The molecule has 0 aliphatic carbocycles. The lowest BCUT2D eigenvalue weighted by Gasteiger charge is -2.36. The average molecular weight is 459 g/mol. The van der Waals surface area contributed by atoms with Crippen LogP contribution in [0.5, 0.6) is 0 Å². The van der Waals surface area contributed by atoms with Gasteiger partial charge in [-0.05, 0) is 36.4 Å². The van der Waals surface area contributed by atoms with Crippen molar-refractivity contribution in [1.29, 1.82) is 0 Å². The normalized spacial score (nSPS) is 13.8.